The van der Waals surface area contributed by atoms with Crippen molar-refractivity contribution in [3.05, 3.63) is 69.7 Å². The molecule has 4 nitrogen and oxygen atoms in total. The van der Waals surface area contributed by atoms with Crippen LogP contribution in [0.25, 0.3) is 0 Å². The molecule has 0 aromatic heterocycles. The second kappa shape index (κ2) is 7.75. The molecule has 2 aromatic rings. The molecular weight excluding hydrogens is 344 g/mol. The van der Waals surface area contributed by atoms with Gasteiger partial charge in [0.15, 0.2) is 0 Å². The lowest BCUT2D eigenvalue weighted by Gasteiger charge is -2.07. The first-order chi connectivity index (χ1) is 10.5. The van der Waals surface area contributed by atoms with Gasteiger partial charge < -0.3 is 10.6 Å². The number of hydrogen-bond donors (Lipinski definition) is 2. The topological polar surface area (TPSA) is 58.2 Å². The van der Waals surface area contributed by atoms with E-state index < -0.39 is 0 Å². The lowest BCUT2D eigenvalue weighted by molar-refractivity contribution is -0.120. The zero-order chi connectivity index (χ0) is 15.9. The Balaban J connectivity index is 1.76. The molecule has 22 heavy (non-hydrogen) atoms. The lowest BCUT2D eigenvalue weighted by atomic mass is 10.1. The van der Waals surface area contributed by atoms with Gasteiger partial charge in [-0.25, -0.2) is 0 Å². The molecule has 0 fully saturated rings. The summed E-state index contributed by atoms with van der Waals surface area (Å²) in [7, 11) is 0. The fourth-order valence-corrected chi connectivity index (χ4v) is 2.10. The number of hydrogen-bond acceptors (Lipinski definition) is 2. The van der Waals surface area contributed by atoms with Gasteiger partial charge in [0.05, 0.1) is 6.54 Å². The fraction of sp³-hybridized carbons (Fsp3) is 0.176. The van der Waals surface area contributed by atoms with Crippen LogP contribution in [0.4, 0.5) is 0 Å². The molecule has 5 heteroatoms. The van der Waals surface area contributed by atoms with Gasteiger partial charge in [-0.2, -0.15) is 0 Å². The second-order valence-corrected chi connectivity index (χ2v) is 5.87. The van der Waals surface area contributed by atoms with E-state index in [9.17, 15) is 9.59 Å². The standard InChI is InChI=1S/C17H17BrN2O2/c1-12-2-4-13(5-3-12)10-19-16(21)11-20-17(22)14-6-8-15(18)9-7-14/h2-9H,10-11H2,1H3,(H,19,21)(H,20,22). The zero-order valence-corrected chi connectivity index (χ0v) is 13.8. The van der Waals surface area contributed by atoms with Gasteiger partial charge >= 0.3 is 0 Å². The molecule has 0 unspecified atom stereocenters. The molecule has 0 aliphatic heterocycles. The Morgan fingerprint density at radius 3 is 2.23 bits per heavy atom. The first kappa shape index (κ1) is 16.2. The van der Waals surface area contributed by atoms with Crippen molar-refractivity contribution in [2.45, 2.75) is 13.5 Å². The monoisotopic (exact) mass is 360 g/mol. The molecule has 2 N–H and O–H groups in total. The van der Waals surface area contributed by atoms with E-state index in [1.54, 1.807) is 24.3 Å². The summed E-state index contributed by atoms with van der Waals surface area (Å²) in [6, 6.07) is 14.9. The van der Waals surface area contributed by atoms with Crippen molar-refractivity contribution in [1.82, 2.24) is 10.6 Å². The number of halogens is 1. The zero-order valence-electron chi connectivity index (χ0n) is 12.2. The van der Waals surface area contributed by atoms with Gasteiger partial charge in [0, 0.05) is 16.6 Å². The maximum absolute atomic E-state index is 11.9. The van der Waals surface area contributed by atoms with E-state index in [0.29, 0.717) is 12.1 Å². The maximum atomic E-state index is 11.9. The average molecular weight is 361 g/mol. The highest BCUT2D eigenvalue weighted by molar-refractivity contribution is 9.10. The van der Waals surface area contributed by atoms with Gasteiger partial charge in [-0.15, -0.1) is 0 Å². The minimum absolute atomic E-state index is 0.0409. The van der Waals surface area contributed by atoms with Crippen LogP contribution in [0, 0.1) is 6.92 Å². The Bertz CT molecular complexity index is 651. The fourth-order valence-electron chi connectivity index (χ4n) is 1.83. The predicted octanol–water partition coefficient (Wildman–Crippen LogP) is 2.80. The average Bonchev–Trinajstić information content (AvgIpc) is 2.52. The van der Waals surface area contributed by atoms with Crippen LogP contribution in [0.5, 0.6) is 0 Å². The SMILES string of the molecule is Cc1ccc(CNC(=O)CNC(=O)c2ccc(Br)cc2)cc1. The summed E-state index contributed by atoms with van der Waals surface area (Å²) in [6.45, 7) is 2.42. The molecule has 0 atom stereocenters. The summed E-state index contributed by atoms with van der Waals surface area (Å²) < 4.78 is 0.903. The van der Waals surface area contributed by atoms with Crippen LogP contribution in [0.15, 0.2) is 53.0 Å². The summed E-state index contributed by atoms with van der Waals surface area (Å²) in [4.78, 5) is 23.6. The summed E-state index contributed by atoms with van der Waals surface area (Å²) in [5.41, 5.74) is 2.73. The Hall–Kier alpha value is -2.14. The predicted molar refractivity (Wildman–Crippen MR) is 89.5 cm³/mol. The van der Waals surface area contributed by atoms with E-state index >= 15 is 0 Å². The molecule has 2 rings (SSSR count). The number of nitrogens with one attached hydrogen (secondary N) is 2. The molecular formula is C17H17BrN2O2. The van der Waals surface area contributed by atoms with E-state index in [2.05, 4.69) is 26.6 Å². The second-order valence-electron chi connectivity index (χ2n) is 4.95. The van der Waals surface area contributed by atoms with Crippen molar-refractivity contribution in [3.8, 4) is 0 Å². The summed E-state index contributed by atoms with van der Waals surface area (Å²) in [5.74, 6) is -0.482. The molecule has 114 valence electrons. The minimum Gasteiger partial charge on any atom is -0.350 e. The van der Waals surface area contributed by atoms with Crippen molar-refractivity contribution < 1.29 is 9.59 Å². The summed E-state index contributed by atoms with van der Waals surface area (Å²) >= 11 is 3.31. The molecule has 0 bridgehead atoms. The Morgan fingerprint density at radius 2 is 1.59 bits per heavy atom. The van der Waals surface area contributed by atoms with Crippen molar-refractivity contribution >= 4 is 27.7 Å². The molecule has 0 saturated heterocycles. The third kappa shape index (κ3) is 5.00. The maximum Gasteiger partial charge on any atom is 0.251 e. The lowest BCUT2D eigenvalue weighted by Crippen LogP contribution is -2.36. The van der Waals surface area contributed by atoms with Gasteiger partial charge in [-0.05, 0) is 36.8 Å². The van der Waals surface area contributed by atoms with Crippen LogP contribution < -0.4 is 10.6 Å². The Morgan fingerprint density at radius 1 is 0.955 bits per heavy atom. The normalized spacial score (nSPS) is 10.1. The van der Waals surface area contributed by atoms with Crippen LogP contribution >= 0.6 is 15.9 Å². The van der Waals surface area contributed by atoms with E-state index in [1.807, 2.05) is 31.2 Å². The van der Waals surface area contributed by atoms with Crippen LogP contribution in [-0.2, 0) is 11.3 Å². The molecule has 0 aliphatic carbocycles. The number of amides is 2. The highest BCUT2D eigenvalue weighted by Gasteiger charge is 2.07. The van der Waals surface area contributed by atoms with E-state index in [0.717, 1.165) is 10.0 Å². The quantitative estimate of drug-likeness (QED) is 0.861. The third-order valence-electron chi connectivity index (χ3n) is 3.13. The number of benzene rings is 2. The van der Waals surface area contributed by atoms with Gasteiger partial charge in [0.2, 0.25) is 5.91 Å². The molecule has 2 aromatic carbocycles. The van der Waals surface area contributed by atoms with Crippen LogP contribution in [-0.4, -0.2) is 18.4 Å². The van der Waals surface area contributed by atoms with Crippen LogP contribution in [0.1, 0.15) is 21.5 Å². The number of carbonyl (C=O) groups is 2. The van der Waals surface area contributed by atoms with E-state index in [-0.39, 0.29) is 18.4 Å². The smallest absolute Gasteiger partial charge is 0.251 e. The van der Waals surface area contributed by atoms with E-state index in [4.69, 9.17) is 0 Å². The summed E-state index contributed by atoms with van der Waals surface area (Å²) in [5, 5.41) is 5.37. The van der Waals surface area contributed by atoms with Crippen molar-refractivity contribution in [2.24, 2.45) is 0 Å². The van der Waals surface area contributed by atoms with Gasteiger partial charge in [0.1, 0.15) is 0 Å². The number of carbonyl (C=O) groups excluding carboxylic acids is 2. The molecule has 0 saturated carbocycles. The minimum atomic E-state index is -0.266. The Labute approximate surface area is 138 Å². The van der Waals surface area contributed by atoms with Gasteiger partial charge in [-0.3, -0.25) is 9.59 Å². The molecule has 0 aliphatic rings. The number of rotatable bonds is 5. The molecule has 0 spiro atoms. The molecule has 0 radical (unpaired) electrons. The first-order valence-electron chi connectivity index (χ1n) is 6.90. The van der Waals surface area contributed by atoms with Crippen molar-refractivity contribution in [3.63, 3.8) is 0 Å². The largest absolute Gasteiger partial charge is 0.350 e. The molecule has 0 heterocycles. The van der Waals surface area contributed by atoms with Gasteiger partial charge in [-0.1, -0.05) is 45.8 Å². The first-order valence-corrected chi connectivity index (χ1v) is 7.70. The molecule has 2 amide bonds. The van der Waals surface area contributed by atoms with E-state index in [1.165, 1.54) is 5.56 Å². The number of aryl methyl sites for hydroxylation is 1. The van der Waals surface area contributed by atoms with Crippen LogP contribution in [0.3, 0.4) is 0 Å². The van der Waals surface area contributed by atoms with Crippen molar-refractivity contribution in [1.29, 1.82) is 0 Å². The highest BCUT2D eigenvalue weighted by Crippen LogP contribution is 2.10. The van der Waals surface area contributed by atoms with Crippen LogP contribution in [0.2, 0.25) is 0 Å². The highest BCUT2D eigenvalue weighted by atomic mass is 79.9. The third-order valence-corrected chi connectivity index (χ3v) is 3.65. The Kier molecular flexibility index (Phi) is 5.72. The van der Waals surface area contributed by atoms with Gasteiger partial charge in [0.25, 0.3) is 5.91 Å². The summed E-state index contributed by atoms with van der Waals surface area (Å²) in [6.07, 6.45) is 0. The van der Waals surface area contributed by atoms with Crippen molar-refractivity contribution in [2.75, 3.05) is 6.54 Å².